The van der Waals surface area contributed by atoms with E-state index in [1.54, 1.807) is 0 Å². The van der Waals surface area contributed by atoms with Gasteiger partial charge in [0.05, 0.1) is 21.9 Å². The lowest BCUT2D eigenvalue weighted by molar-refractivity contribution is 0.0185. The van der Waals surface area contributed by atoms with Gasteiger partial charge in [-0.25, -0.2) is 0 Å². The second-order valence-corrected chi connectivity index (χ2v) is 7.41. The van der Waals surface area contributed by atoms with E-state index in [1.165, 1.54) is 11.3 Å². The monoisotopic (exact) mass is 344 g/mol. The zero-order valence-electron chi connectivity index (χ0n) is 10.7. The first kappa shape index (κ1) is 13.5. The van der Waals surface area contributed by atoms with Crippen molar-refractivity contribution in [2.24, 2.45) is 0 Å². The number of likely N-dealkylation sites (tertiary alicyclic amines) is 1. The summed E-state index contributed by atoms with van der Waals surface area (Å²) < 4.78 is 6.39. The Hall–Kier alpha value is -0.430. The molecule has 1 aromatic rings. The fourth-order valence-corrected chi connectivity index (χ4v) is 4.11. The van der Waals surface area contributed by atoms with Gasteiger partial charge in [0.2, 0.25) is 0 Å². The van der Waals surface area contributed by atoms with Crippen LogP contribution in [0, 0.1) is 0 Å². The standard InChI is InChI=1S/C13H17BrN2O2S/c14-12-2-1-11(19-12)13(17)16-4-3-10(9-16)15-5-7-18-8-6-15/h1-2,10H,3-9H2. The molecule has 1 atom stereocenters. The van der Waals surface area contributed by atoms with Gasteiger partial charge in [-0.2, -0.15) is 0 Å². The summed E-state index contributed by atoms with van der Waals surface area (Å²) in [4.78, 5) is 17.6. The Bertz CT molecular complexity index is 459. The normalized spacial score (nSPS) is 24.9. The zero-order chi connectivity index (χ0) is 13.2. The number of carbonyl (C=O) groups excluding carboxylic acids is 1. The van der Waals surface area contributed by atoms with Gasteiger partial charge in [-0.3, -0.25) is 9.69 Å². The molecule has 1 aromatic heterocycles. The van der Waals surface area contributed by atoms with Crippen LogP contribution in [0.15, 0.2) is 15.9 Å². The largest absolute Gasteiger partial charge is 0.379 e. The third kappa shape index (κ3) is 3.02. The molecule has 6 heteroatoms. The smallest absolute Gasteiger partial charge is 0.264 e. The van der Waals surface area contributed by atoms with E-state index < -0.39 is 0 Å². The third-order valence-electron chi connectivity index (χ3n) is 3.80. The lowest BCUT2D eigenvalue weighted by Gasteiger charge is -2.32. The molecule has 4 nitrogen and oxygen atoms in total. The molecule has 2 saturated heterocycles. The molecule has 2 aliphatic heterocycles. The average Bonchev–Trinajstić information content (AvgIpc) is 3.08. The second kappa shape index (κ2) is 5.91. The van der Waals surface area contributed by atoms with Crippen molar-refractivity contribution in [3.05, 3.63) is 20.8 Å². The number of amides is 1. The summed E-state index contributed by atoms with van der Waals surface area (Å²) in [6.07, 6.45) is 1.08. The Morgan fingerprint density at radius 1 is 1.32 bits per heavy atom. The topological polar surface area (TPSA) is 32.8 Å². The average molecular weight is 345 g/mol. The van der Waals surface area contributed by atoms with Crippen molar-refractivity contribution in [3.8, 4) is 0 Å². The first-order chi connectivity index (χ1) is 9.24. The predicted octanol–water partition coefficient (Wildman–Crippen LogP) is 2.06. The van der Waals surface area contributed by atoms with E-state index in [-0.39, 0.29) is 5.91 Å². The van der Waals surface area contributed by atoms with Crippen LogP contribution in [0.1, 0.15) is 16.1 Å². The molecule has 0 saturated carbocycles. The molecule has 3 heterocycles. The van der Waals surface area contributed by atoms with Crippen LogP contribution in [0.5, 0.6) is 0 Å². The van der Waals surface area contributed by atoms with Gasteiger partial charge in [0.25, 0.3) is 5.91 Å². The van der Waals surface area contributed by atoms with Gasteiger partial charge < -0.3 is 9.64 Å². The lowest BCUT2D eigenvalue weighted by atomic mass is 10.2. The summed E-state index contributed by atoms with van der Waals surface area (Å²) in [7, 11) is 0. The molecule has 0 bridgehead atoms. The molecular weight excluding hydrogens is 328 g/mol. The van der Waals surface area contributed by atoms with Crippen molar-refractivity contribution in [1.82, 2.24) is 9.80 Å². The maximum absolute atomic E-state index is 12.4. The minimum atomic E-state index is 0.173. The highest BCUT2D eigenvalue weighted by atomic mass is 79.9. The number of ether oxygens (including phenoxy) is 1. The molecule has 0 aromatic carbocycles. The number of rotatable bonds is 2. The van der Waals surface area contributed by atoms with Gasteiger partial charge in [-0.05, 0) is 34.5 Å². The summed E-state index contributed by atoms with van der Waals surface area (Å²) in [5.74, 6) is 0.173. The molecule has 0 N–H and O–H groups in total. The molecule has 2 aliphatic rings. The number of halogens is 1. The summed E-state index contributed by atoms with van der Waals surface area (Å²) in [6.45, 7) is 5.36. The predicted molar refractivity (Wildman–Crippen MR) is 78.7 cm³/mol. The minimum absolute atomic E-state index is 0.173. The molecule has 3 rings (SSSR count). The van der Waals surface area contributed by atoms with E-state index in [0.717, 1.165) is 54.5 Å². The lowest BCUT2D eigenvalue weighted by Crippen LogP contribution is -2.45. The molecule has 19 heavy (non-hydrogen) atoms. The first-order valence-corrected chi connectivity index (χ1v) is 8.21. The van der Waals surface area contributed by atoms with Crippen molar-refractivity contribution in [2.45, 2.75) is 12.5 Å². The third-order valence-corrected chi connectivity index (χ3v) is 5.41. The molecule has 104 valence electrons. The van der Waals surface area contributed by atoms with Crippen LogP contribution in [0.25, 0.3) is 0 Å². The summed E-state index contributed by atoms with van der Waals surface area (Å²) in [5.41, 5.74) is 0. The molecular formula is C13H17BrN2O2S. The number of hydrogen-bond donors (Lipinski definition) is 0. The highest BCUT2D eigenvalue weighted by molar-refractivity contribution is 9.11. The Morgan fingerprint density at radius 3 is 2.79 bits per heavy atom. The van der Waals surface area contributed by atoms with Gasteiger partial charge >= 0.3 is 0 Å². The maximum Gasteiger partial charge on any atom is 0.264 e. The van der Waals surface area contributed by atoms with Crippen molar-refractivity contribution in [3.63, 3.8) is 0 Å². The highest BCUT2D eigenvalue weighted by Crippen LogP contribution is 2.25. The second-order valence-electron chi connectivity index (χ2n) is 4.95. The van der Waals surface area contributed by atoms with Crippen LogP contribution in [-0.2, 0) is 4.74 Å². The van der Waals surface area contributed by atoms with Gasteiger partial charge in [-0.15, -0.1) is 11.3 Å². The Labute approximate surface area is 125 Å². The van der Waals surface area contributed by atoms with E-state index in [0.29, 0.717) is 6.04 Å². The van der Waals surface area contributed by atoms with Crippen LogP contribution in [0.4, 0.5) is 0 Å². The van der Waals surface area contributed by atoms with Crippen LogP contribution in [-0.4, -0.2) is 61.1 Å². The fraction of sp³-hybridized carbons (Fsp3) is 0.615. The van der Waals surface area contributed by atoms with Gasteiger partial charge in [0.15, 0.2) is 0 Å². The van der Waals surface area contributed by atoms with Gasteiger partial charge in [0, 0.05) is 32.2 Å². The van der Waals surface area contributed by atoms with E-state index in [4.69, 9.17) is 4.74 Å². The molecule has 0 aliphatic carbocycles. The zero-order valence-corrected chi connectivity index (χ0v) is 13.1. The summed E-state index contributed by atoms with van der Waals surface area (Å²) in [5, 5.41) is 0. The highest BCUT2D eigenvalue weighted by Gasteiger charge is 2.31. The first-order valence-electron chi connectivity index (χ1n) is 6.60. The van der Waals surface area contributed by atoms with Gasteiger partial charge in [0.1, 0.15) is 0 Å². The Balaban J connectivity index is 1.60. The minimum Gasteiger partial charge on any atom is -0.379 e. The van der Waals surface area contributed by atoms with Crippen LogP contribution in [0.2, 0.25) is 0 Å². The molecule has 0 radical (unpaired) electrons. The van der Waals surface area contributed by atoms with Crippen LogP contribution < -0.4 is 0 Å². The number of hydrogen-bond acceptors (Lipinski definition) is 4. The summed E-state index contributed by atoms with van der Waals surface area (Å²) >= 11 is 4.92. The van der Waals surface area contributed by atoms with E-state index >= 15 is 0 Å². The number of morpholine rings is 1. The van der Waals surface area contributed by atoms with Gasteiger partial charge in [-0.1, -0.05) is 0 Å². The fourth-order valence-electron chi connectivity index (χ4n) is 2.75. The van der Waals surface area contributed by atoms with Crippen molar-refractivity contribution in [1.29, 1.82) is 0 Å². The van der Waals surface area contributed by atoms with Crippen LogP contribution in [0.3, 0.4) is 0 Å². The van der Waals surface area contributed by atoms with E-state index in [1.807, 2.05) is 17.0 Å². The number of carbonyl (C=O) groups is 1. The maximum atomic E-state index is 12.4. The Kier molecular flexibility index (Phi) is 4.21. The van der Waals surface area contributed by atoms with Crippen molar-refractivity contribution in [2.75, 3.05) is 39.4 Å². The molecule has 2 fully saturated rings. The summed E-state index contributed by atoms with van der Waals surface area (Å²) in [6, 6.07) is 4.35. The number of thiophene rings is 1. The van der Waals surface area contributed by atoms with E-state index in [9.17, 15) is 4.79 Å². The SMILES string of the molecule is O=C(c1ccc(Br)s1)N1CCC(N2CCOCC2)C1. The molecule has 1 amide bonds. The Morgan fingerprint density at radius 2 is 2.11 bits per heavy atom. The van der Waals surface area contributed by atoms with E-state index in [2.05, 4.69) is 20.8 Å². The quantitative estimate of drug-likeness (QED) is 0.823. The van der Waals surface area contributed by atoms with Crippen molar-refractivity contribution >= 4 is 33.2 Å². The van der Waals surface area contributed by atoms with Crippen molar-refractivity contribution < 1.29 is 9.53 Å². The van der Waals surface area contributed by atoms with Crippen LogP contribution >= 0.6 is 27.3 Å². The molecule has 0 spiro atoms. The molecule has 1 unspecified atom stereocenters. The number of nitrogens with zero attached hydrogens (tertiary/aromatic N) is 2.